The number of hydrogen-bond donors (Lipinski definition) is 0. The second kappa shape index (κ2) is 6.23. The minimum absolute atomic E-state index is 0.381. The van der Waals surface area contributed by atoms with Gasteiger partial charge in [0.05, 0.1) is 13.2 Å². The van der Waals surface area contributed by atoms with E-state index < -0.39 is 7.60 Å². The SMILES string of the molecule is CCOP(=O)(/C=C\c1cccs1)OCC. The van der Waals surface area contributed by atoms with E-state index in [1.54, 1.807) is 31.3 Å². The fourth-order valence-corrected chi connectivity index (χ4v) is 3.06. The van der Waals surface area contributed by atoms with Crippen LogP contribution in [0.2, 0.25) is 0 Å². The molecule has 0 bridgehead atoms. The van der Waals surface area contributed by atoms with Crippen molar-refractivity contribution in [1.29, 1.82) is 0 Å². The minimum Gasteiger partial charge on any atom is -0.306 e. The summed E-state index contributed by atoms with van der Waals surface area (Å²) in [4.78, 5) is 1.04. The predicted molar refractivity (Wildman–Crippen MR) is 64.2 cm³/mol. The molecule has 0 saturated carbocycles. The molecule has 0 unspecified atom stereocenters. The Hall–Kier alpha value is -0.410. The van der Waals surface area contributed by atoms with Crippen LogP contribution in [0, 0.1) is 0 Å². The van der Waals surface area contributed by atoms with Gasteiger partial charge in [0.2, 0.25) is 0 Å². The molecule has 0 aromatic carbocycles. The third-order valence-corrected chi connectivity index (χ3v) is 4.17. The van der Waals surface area contributed by atoms with E-state index in [-0.39, 0.29) is 0 Å². The zero-order chi connectivity index (χ0) is 11.1. The van der Waals surface area contributed by atoms with Crippen molar-refractivity contribution < 1.29 is 13.6 Å². The second-order valence-electron chi connectivity index (χ2n) is 2.71. The van der Waals surface area contributed by atoms with Gasteiger partial charge >= 0.3 is 7.60 Å². The lowest BCUT2D eigenvalue weighted by Crippen LogP contribution is -1.92. The molecule has 1 heterocycles. The summed E-state index contributed by atoms with van der Waals surface area (Å²) in [6.07, 6.45) is 1.77. The van der Waals surface area contributed by atoms with E-state index in [4.69, 9.17) is 9.05 Å². The average Bonchev–Trinajstić information content (AvgIpc) is 2.68. The lowest BCUT2D eigenvalue weighted by molar-refractivity contribution is 0.229. The molecule has 0 aliphatic heterocycles. The largest absolute Gasteiger partial charge is 0.354 e. The van der Waals surface area contributed by atoms with Crippen molar-refractivity contribution in [2.45, 2.75) is 13.8 Å². The molecule has 1 aromatic heterocycles. The van der Waals surface area contributed by atoms with Crippen molar-refractivity contribution in [2.75, 3.05) is 13.2 Å². The van der Waals surface area contributed by atoms with E-state index in [0.29, 0.717) is 13.2 Å². The Kier molecular flexibility index (Phi) is 5.26. The first kappa shape index (κ1) is 12.7. The van der Waals surface area contributed by atoms with Gasteiger partial charge in [0, 0.05) is 10.7 Å². The van der Waals surface area contributed by atoms with Gasteiger partial charge in [-0.25, -0.2) is 0 Å². The highest BCUT2D eigenvalue weighted by Gasteiger charge is 2.18. The fraction of sp³-hybridized carbons (Fsp3) is 0.400. The second-order valence-corrected chi connectivity index (χ2v) is 5.58. The van der Waals surface area contributed by atoms with Crippen LogP contribution in [-0.2, 0) is 13.6 Å². The van der Waals surface area contributed by atoms with Crippen LogP contribution >= 0.6 is 18.9 Å². The first-order chi connectivity index (χ1) is 7.20. The first-order valence-corrected chi connectivity index (χ1v) is 7.31. The monoisotopic (exact) mass is 246 g/mol. The summed E-state index contributed by atoms with van der Waals surface area (Å²) >= 11 is 1.58. The molecule has 1 rings (SSSR count). The van der Waals surface area contributed by atoms with E-state index >= 15 is 0 Å². The fourth-order valence-electron chi connectivity index (χ4n) is 1.03. The summed E-state index contributed by atoms with van der Waals surface area (Å²) in [7, 11) is -3.03. The van der Waals surface area contributed by atoms with Crippen molar-refractivity contribution in [3.05, 3.63) is 28.2 Å². The summed E-state index contributed by atoms with van der Waals surface area (Å²) in [5.74, 6) is 1.52. The Bertz CT molecular complexity index is 336. The molecule has 0 aliphatic rings. The van der Waals surface area contributed by atoms with E-state index in [2.05, 4.69) is 0 Å². The highest BCUT2D eigenvalue weighted by Crippen LogP contribution is 2.50. The topological polar surface area (TPSA) is 35.5 Å². The molecule has 1 aromatic rings. The molecule has 15 heavy (non-hydrogen) atoms. The maximum absolute atomic E-state index is 12.0. The standard InChI is InChI=1S/C10H15O3PS/c1-3-12-14(11,13-4-2)8-7-10-6-5-9-15-10/h5-9H,3-4H2,1-2H3/b8-7-. The molecule has 0 fully saturated rings. The maximum Gasteiger partial charge on any atom is 0.354 e. The van der Waals surface area contributed by atoms with Crippen LogP contribution in [0.5, 0.6) is 0 Å². The van der Waals surface area contributed by atoms with Gasteiger partial charge in [0.15, 0.2) is 0 Å². The van der Waals surface area contributed by atoms with Gasteiger partial charge in [-0.1, -0.05) is 6.07 Å². The van der Waals surface area contributed by atoms with Gasteiger partial charge in [-0.2, -0.15) is 0 Å². The Morgan fingerprint density at radius 3 is 2.53 bits per heavy atom. The smallest absolute Gasteiger partial charge is 0.306 e. The third kappa shape index (κ3) is 4.31. The van der Waals surface area contributed by atoms with Gasteiger partial charge in [0.1, 0.15) is 0 Å². The molecular weight excluding hydrogens is 231 g/mol. The van der Waals surface area contributed by atoms with E-state index in [0.717, 1.165) is 4.88 Å². The van der Waals surface area contributed by atoms with Gasteiger partial charge in [-0.3, -0.25) is 4.57 Å². The van der Waals surface area contributed by atoms with Crippen LogP contribution in [0.25, 0.3) is 6.08 Å². The molecule has 84 valence electrons. The molecule has 0 N–H and O–H groups in total. The molecule has 5 heteroatoms. The molecule has 0 aliphatic carbocycles. The Morgan fingerprint density at radius 1 is 1.40 bits per heavy atom. The number of hydrogen-bond acceptors (Lipinski definition) is 4. The van der Waals surface area contributed by atoms with E-state index in [1.807, 2.05) is 17.5 Å². The predicted octanol–water partition coefficient (Wildman–Crippen LogP) is 3.98. The zero-order valence-electron chi connectivity index (χ0n) is 8.88. The van der Waals surface area contributed by atoms with Crippen LogP contribution in [-0.4, -0.2) is 13.2 Å². The van der Waals surface area contributed by atoms with Crippen molar-refractivity contribution >= 4 is 25.0 Å². The van der Waals surface area contributed by atoms with Gasteiger partial charge in [-0.15, -0.1) is 11.3 Å². The van der Waals surface area contributed by atoms with Gasteiger partial charge < -0.3 is 9.05 Å². The summed E-state index contributed by atoms with van der Waals surface area (Å²) in [6.45, 7) is 4.35. The first-order valence-electron chi connectivity index (χ1n) is 4.81. The summed E-state index contributed by atoms with van der Waals surface area (Å²) in [5, 5.41) is 1.96. The van der Waals surface area contributed by atoms with Gasteiger partial charge in [-0.05, 0) is 31.4 Å². The third-order valence-electron chi connectivity index (χ3n) is 1.58. The molecule has 0 atom stereocenters. The molecule has 3 nitrogen and oxygen atoms in total. The molecular formula is C10H15O3PS. The summed E-state index contributed by atoms with van der Waals surface area (Å²) in [6, 6.07) is 3.89. The van der Waals surface area contributed by atoms with Crippen molar-refractivity contribution in [1.82, 2.24) is 0 Å². The average molecular weight is 246 g/mol. The Morgan fingerprint density at radius 2 is 2.07 bits per heavy atom. The van der Waals surface area contributed by atoms with Crippen LogP contribution in [0.15, 0.2) is 23.3 Å². The van der Waals surface area contributed by atoms with Crippen LogP contribution in [0.1, 0.15) is 18.7 Å². The summed E-state index contributed by atoms with van der Waals surface area (Å²) < 4.78 is 22.2. The maximum atomic E-state index is 12.0. The lowest BCUT2D eigenvalue weighted by Gasteiger charge is -2.12. The normalized spacial score (nSPS) is 12.4. The van der Waals surface area contributed by atoms with Gasteiger partial charge in [0.25, 0.3) is 0 Å². The zero-order valence-corrected chi connectivity index (χ0v) is 10.6. The highest BCUT2D eigenvalue weighted by atomic mass is 32.1. The quantitative estimate of drug-likeness (QED) is 0.712. The molecule has 0 saturated heterocycles. The van der Waals surface area contributed by atoms with Crippen LogP contribution in [0.4, 0.5) is 0 Å². The van der Waals surface area contributed by atoms with Crippen molar-refractivity contribution in [3.8, 4) is 0 Å². The molecule has 0 spiro atoms. The Balaban J connectivity index is 2.70. The van der Waals surface area contributed by atoms with E-state index in [1.165, 1.54) is 5.82 Å². The van der Waals surface area contributed by atoms with Crippen molar-refractivity contribution in [3.63, 3.8) is 0 Å². The molecule has 0 amide bonds. The lowest BCUT2D eigenvalue weighted by atomic mass is 10.5. The van der Waals surface area contributed by atoms with E-state index in [9.17, 15) is 4.57 Å². The van der Waals surface area contributed by atoms with Crippen LogP contribution < -0.4 is 0 Å². The molecule has 0 radical (unpaired) electrons. The minimum atomic E-state index is -3.03. The summed E-state index contributed by atoms with van der Waals surface area (Å²) in [5.41, 5.74) is 0. The number of rotatable bonds is 6. The van der Waals surface area contributed by atoms with Crippen molar-refractivity contribution in [2.24, 2.45) is 0 Å². The van der Waals surface area contributed by atoms with Crippen LogP contribution in [0.3, 0.4) is 0 Å². The Labute approximate surface area is 94.3 Å². The highest BCUT2D eigenvalue weighted by molar-refractivity contribution is 7.57. The number of thiophene rings is 1.